The van der Waals surface area contributed by atoms with Crippen LogP contribution < -0.4 is 14.2 Å². The molecule has 1 unspecified atom stereocenters. The van der Waals surface area contributed by atoms with Crippen LogP contribution in [0.2, 0.25) is 0 Å². The third-order valence-electron chi connectivity index (χ3n) is 6.64. The molecule has 2 aromatic carbocycles. The molecule has 1 aliphatic heterocycles. The highest BCUT2D eigenvalue weighted by atomic mass is 16.5. The maximum absolute atomic E-state index is 13.4. The molecule has 1 aliphatic rings. The Labute approximate surface area is 218 Å². The molecule has 1 atom stereocenters. The van der Waals surface area contributed by atoms with Crippen molar-refractivity contribution in [3.8, 4) is 17.2 Å². The van der Waals surface area contributed by atoms with Gasteiger partial charge in [0.1, 0.15) is 18.1 Å². The summed E-state index contributed by atoms with van der Waals surface area (Å²) in [6.07, 6.45) is 1.64. The Bertz CT molecular complexity index is 1180. The fourth-order valence-electron chi connectivity index (χ4n) is 4.56. The smallest absolute Gasteiger partial charge is 0.295 e. The average Bonchev–Trinajstić information content (AvgIpc) is 3.16. The summed E-state index contributed by atoms with van der Waals surface area (Å²) in [7, 11) is 3.07. The number of ether oxygens (including phenoxy) is 3. The third kappa shape index (κ3) is 5.80. The number of likely N-dealkylation sites (tertiary alicyclic amines) is 1. The maximum atomic E-state index is 13.4. The summed E-state index contributed by atoms with van der Waals surface area (Å²) in [5, 5.41) is 11.5. The molecular formula is C29H36N2O6. The van der Waals surface area contributed by atoms with Gasteiger partial charge in [-0.05, 0) is 61.5 Å². The van der Waals surface area contributed by atoms with Gasteiger partial charge in [0.05, 0.1) is 25.8 Å². The number of hydrogen-bond donors (Lipinski definition) is 1. The summed E-state index contributed by atoms with van der Waals surface area (Å²) in [5.74, 6) is 0.0214. The molecule has 1 amide bonds. The van der Waals surface area contributed by atoms with Gasteiger partial charge in [-0.25, -0.2) is 0 Å². The first-order valence-corrected chi connectivity index (χ1v) is 12.4. The zero-order valence-corrected chi connectivity index (χ0v) is 22.2. The van der Waals surface area contributed by atoms with Crippen LogP contribution in [-0.2, 0) is 9.59 Å². The average molecular weight is 509 g/mol. The molecule has 1 N–H and O–H groups in total. The Balaban J connectivity index is 2.15. The zero-order valence-electron chi connectivity index (χ0n) is 22.2. The molecule has 8 nitrogen and oxygen atoms in total. The van der Waals surface area contributed by atoms with Crippen LogP contribution in [-0.4, -0.2) is 73.6 Å². The molecule has 37 heavy (non-hydrogen) atoms. The number of carbonyl (C=O) groups excluding carboxylic acids is 2. The van der Waals surface area contributed by atoms with Crippen molar-refractivity contribution in [2.24, 2.45) is 0 Å². The Morgan fingerprint density at radius 1 is 1.08 bits per heavy atom. The van der Waals surface area contributed by atoms with Crippen molar-refractivity contribution in [1.29, 1.82) is 0 Å². The molecular weight excluding hydrogens is 472 g/mol. The predicted octanol–water partition coefficient (Wildman–Crippen LogP) is 4.34. The van der Waals surface area contributed by atoms with Gasteiger partial charge in [0, 0.05) is 18.7 Å². The van der Waals surface area contributed by atoms with E-state index in [0.29, 0.717) is 53.6 Å². The first kappa shape index (κ1) is 27.8. The van der Waals surface area contributed by atoms with Crippen molar-refractivity contribution in [2.45, 2.75) is 26.8 Å². The number of aliphatic hydroxyl groups is 1. The Morgan fingerprint density at radius 3 is 2.38 bits per heavy atom. The molecule has 0 bridgehead atoms. The third-order valence-corrected chi connectivity index (χ3v) is 6.64. The second kappa shape index (κ2) is 12.5. The minimum Gasteiger partial charge on any atom is -0.507 e. The summed E-state index contributed by atoms with van der Waals surface area (Å²) in [5.41, 5.74) is 1.85. The second-order valence-electron chi connectivity index (χ2n) is 8.71. The lowest BCUT2D eigenvalue weighted by Gasteiger charge is -2.28. The molecule has 8 heteroatoms. The van der Waals surface area contributed by atoms with E-state index in [0.717, 1.165) is 13.1 Å². The lowest BCUT2D eigenvalue weighted by atomic mass is 9.93. The standard InChI is InChI=1S/C29H36N2O6/c1-7-16-37-21-11-12-22(19(4)17-21)27(32)25-26(20-10-13-23(35-5)24(18-20)36-6)31(29(34)28(25)33)15-14-30(8-2)9-3/h7,10-13,17-18,26,32H,1,8-9,14-16H2,2-6H3/b27-25+. The molecule has 0 spiro atoms. The van der Waals surface area contributed by atoms with Gasteiger partial charge in [-0.15, -0.1) is 0 Å². The molecule has 0 aliphatic carbocycles. The predicted molar refractivity (Wildman–Crippen MR) is 143 cm³/mol. The van der Waals surface area contributed by atoms with Gasteiger partial charge in [0.25, 0.3) is 11.7 Å². The lowest BCUT2D eigenvalue weighted by Crippen LogP contribution is -2.38. The molecule has 198 valence electrons. The molecule has 0 aromatic heterocycles. The number of aryl methyl sites for hydroxylation is 1. The van der Waals surface area contributed by atoms with E-state index in [9.17, 15) is 14.7 Å². The van der Waals surface area contributed by atoms with Crippen molar-refractivity contribution in [3.05, 3.63) is 71.3 Å². The van der Waals surface area contributed by atoms with Gasteiger partial charge in [0.2, 0.25) is 0 Å². The SMILES string of the molecule is C=CCOc1ccc(/C(O)=C2\C(=O)C(=O)N(CCN(CC)CC)C2c2ccc(OC)c(OC)c2)c(C)c1. The molecule has 1 heterocycles. The van der Waals surface area contributed by atoms with Crippen molar-refractivity contribution in [1.82, 2.24) is 9.80 Å². The number of methoxy groups -OCH3 is 2. The van der Waals surface area contributed by atoms with Crippen LogP contribution in [0.25, 0.3) is 5.76 Å². The number of amides is 1. The van der Waals surface area contributed by atoms with E-state index in [-0.39, 0.29) is 11.3 Å². The lowest BCUT2D eigenvalue weighted by molar-refractivity contribution is -0.140. The van der Waals surface area contributed by atoms with E-state index in [2.05, 4.69) is 25.3 Å². The van der Waals surface area contributed by atoms with Crippen LogP contribution in [0.5, 0.6) is 17.2 Å². The van der Waals surface area contributed by atoms with Crippen LogP contribution in [0.1, 0.15) is 36.6 Å². The number of rotatable bonds is 12. The second-order valence-corrected chi connectivity index (χ2v) is 8.71. The van der Waals surface area contributed by atoms with Crippen LogP contribution in [0, 0.1) is 6.92 Å². The van der Waals surface area contributed by atoms with Crippen LogP contribution in [0.15, 0.2) is 54.6 Å². The zero-order chi connectivity index (χ0) is 27.1. The fraction of sp³-hybridized carbons (Fsp3) is 0.379. The van der Waals surface area contributed by atoms with Crippen molar-refractivity contribution in [3.63, 3.8) is 0 Å². The van der Waals surface area contributed by atoms with Gasteiger partial charge in [-0.1, -0.05) is 32.6 Å². The minimum atomic E-state index is -0.786. The van der Waals surface area contributed by atoms with Crippen LogP contribution >= 0.6 is 0 Å². The highest BCUT2D eigenvalue weighted by Gasteiger charge is 2.46. The number of likely N-dealkylation sites (N-methyl/N-ethyl adjacent to an activating group) is 1. The van der Waals surface area contributed by atoms with Gasteiger partial charge < -0.3 is 29.1 Å². The number of nitrogens with zero attached hydrogens (tertiary/aromatic N) is 2. The fourth-order valence-corrected chi connectivity index (χ4v) is 4.56. The first-order valence-electron chi connectivity index (χ1n) is 12.4. The Kier molecular flexibility index (Phi) is 9.36. The van der Waals surface area contributed by atoms with Gasteiger partial charge >= 0.3 is 0 Å². The normalized spacial score (nSPS) is 16.8. The highest BCUT2D eigenvalue weighted by Crippen LogP contribution is 2.42. The summed E-state index contributed by atoms with van der Waals surface area (Å²) < 4.78 is 16.4. The van der Waals surface area contributed by atoms with Gasteiger partial charge in [-0.3, -0.25) is 9.59 Å². The van der Waals surface area contributed by atoms with E-state index in [1.807, 2.05) is 6.92 Å². The molecule has 1 saturated heterocycles. The van der Waals surface area contributed by atoms with Crippen LogP contribution in [0.3, 0.4) is 0 Å². The molecule has 0 saturated carbocycles. The number of ketones is 1. The van der Waals surface area contributed by atoms with E-state index in [1.165, 1.54) is 12.0 Å². The molecule has 1 fully saturated rings. The Hall–Kier alpha value is -3.78. The summed E-state index contributed by atoms with van der Waals surface area (Å²) >= 11 is 0. The summed E-state index contributed by atoms with van der Waals surface area (Å²) in [4.78, 5) is 30.4. The molecule has 2 aromatic rings. The van der Waals surface area contributed by atoms with Crippen molar-refractivity contribution >= 4 is 17.4 Å². The maximum Gasteiger partial charge on any atom is 0.295 e. The summed E-state index contributed by atoms with van der Waals surface area (Å²) in [6.45, 7) is 12.5. The van der Waals surface area contributed by atoms with Gasteiger partial charge in [0.15, 0.2) is 11.5 Å². The van der Waals surface area contributed by atoms with E-state index in [1.54, 1.807) is 49.6 Å². The number of benzene rings is 2. The highest BCUT2D eigenvalue weighted by molar-refractivity contribution is 6.46. The Morgan fingerprint density at radius 2 is 1.78 bits per heavy atom. The van der Waals surface area contributed by atoms with Crippen molar-refractivity contribution < 1.29 is 28.9 Å². The molecule has 3 rings (SSSR count). The van der Waals surface area contributed by atoms with E-state index >= 15 is 0 Å². The first-order chi connectivity index (χ1) is 17.8. The van der Waals surface area contributed by atoms with E-state index < -0.39 is 17.7 Å². The van der Waals surface area contributed by atoms with Crippen molar-refractivity contribution in [2.75, 3.05) is 47.0 Å². The molecule has 0 radical (unpaired) electrons. The minimum absolute atomic E-state index is 0.0413. The monoisotopic (exact) mass is 508 g/mol. The summed E-state index contributed by atoms with van der Waals surface area (Å²) in [6, 6.07) is 9.66. The number of hydrogen-bond acceptors (Lipinski definition) is 7. The largest absolute Gasteiger partial charge is 0.507 e. The van der Waals surface area contributed by atoms with Gasteiger partial charge in [-0.2, -0.15) is 0 Å². The quantitative estimate of drug-likeness (QED) is 0.197. The topological polar surface area (TPSA) is 88.5 Å². The van der Waals surface area contributed by atoms with E-state index in [4.69, 9.17) is 14.2 Å². The number of Topliss-reactive ketones (excluding diaryl/α,β-unsaturated/α-hetero) is 1. The number of aliphatic hydroxyl groups excluding tert-OH is 1. The van der Waals surface area contributed by atoms with Crippen LogP contribution in [0.4, 0.5) is 0 Å². The number of carbonyl (C=O) groups is 2.